The Morgan fingerprint density at radius 1 is 1.20 bits per heavy atom. The molecule has 1 aromatic carbocycles. The zero-order valence-electron chi connectivity index (χ0n) is 17.6. The third-order valence-corrected chi connectivity index (χ3v) is 4.99. The first-order chi connectivity index (χ1) is 14.0. The number of carbonyl (C=O) groups excluding carboxylic acids is 1. The number of nitrogens with one attached hydrogen (secondary N) is 2. The molecule has 0 spiro atoms. The first-order valence-corrected chi connectivity index (χ1v) is 10.1. The number of nitrogens with zero attached hydrogens (tertiary/aromatic N) is 2. The number of guanidine groups is 1. The van der Waals surface area contributed by atoms with Crippen LogP contribution < -0.4 is 10.6 Å². The van der Waals surface area contributed by atoms with Crippen LogP contribution >= 0.6 is 24.0 Å². The molecule has 164 valence electrons. The van der Waals surface area contributed by atoms with E-state index in [0.29, 0.717) is 50.7 Å². The van der Waals surface area contributed by atoms with Crippen LogP contribution in [-0.4, -0.2) is 41.5 Å². The molecule has 3 rings (SSSR count). The predicted octanol–water partition coefficient (Wildman–Crippen LogP) is 2.98. The molecule has 0 saturated carbocycles. The van der Waals surface area contributed by atoms with Crippen molar-refractivity contribution >= 4 is 35.8 Å². The summed E-state index contributed by atoms with van der Waals surface area (Å²) in [5, 5.41) is 16.9. The van der Waals surface area contributed by atoms with Crippen LogP contribution in [-0.2, 0) is 23.5 Å². The number of aliphatic imine (C=N–C) groups is 1. The summed E-state index contributed by atoms with van der Waals surface area (Å²) in [6.45, 7) is 6.56. The summed E-state index contributed by atoms with van der Waals surface area (Å²) < 4.78 is 5.29. The number of aliphatic hydroxyl groups is 1. The number of hydrogen-bond acceptors (Lipinski definition) is 4. The standard InChI is InChI=1S/C22H30N4O3.HI/c1-3-23-21(25-16-22(2,28)19-10-7-13-29-19)24-12-6-11-20(27)26-14-17-8-4-5-9-18(17)15-26;/h4-5,7-10,13,28H,3,6,11-12,14-16H2,1-2H3,(H2,23,24,25);1H. The lowest BCUT2D eigenvalue weighted by molar-refractivity contribution is -0.131. The van der Waals surface area contributed by atoms with Crippen LogP contribution in [0.4, 0.5) is 0 Å². The first kappa shape index (κ1) is 24.2. The van der Waals surface area contributed by atoms with Gasteiger partial charge >= 0.3 is 0 Å². The molecular weight excluding hydrogens is 495 g/mol. The summed E-state index contributed by atoms with van der Waals surface area (Å²) in [6, 6.07) is 11.7. The van der Waals surface area contributed by atoms with E-state index in [0.717, 1.165) is 0 Å². The Morgan fingerprint density at radius 3 is 2.50 bits per heavy atom. The van der Waals surface area contributed by atoms with Crippen LogP contribution in [0.5, 0.6) is 0 Å². The fourth-order valence-corrected chi connectivity index (χ4v) is 3.35. The topological polar surface area (TPSA) is 90.1 Å². The fourth-order valence-electron chi connectivity index (χ4n) is 3.35. The van der Waals surface area contributed by atoms with Crippen molar-refractivity contribution in [1.82, 2.24) is 15.5 Å². The molecule has 7 nitrogen and oxygen atoms in total. The lowest BCUT2D eigenvalue weighted by Crippen LogP contribution is -2.39. The Bertz CT molecular complexity index is 812. The van der Waals surface area contributed by atoms with Crippen LogP contribution in [0.1, 0.15) is 43.6 Å². The second-order valence-electron chi connectivity index (χ2n) is 7.50. The molecule has 1 aliphatic rings. The molecule has 1 aliphatic heterocycles. The summed E-state index contributed by atoms with van der Waals surface area (Å²) in [4.78, 5) is 18.8. The van der Waals surface area contributed by atoms with Crippen LogP contribution in [0.15, 0.2) is 52.1 Å². The van der Waals surface area contributed by atoms with Gasteiger partial charge in [0.1, 0.15) is 11.4 Å². The van der Waals surface area contributed by atoms with Crippen molar-refractivity contribution in [2.75, 3.05) is 19.6 Å². The molecule has 1 aromatic heterocycles. The van der Waals surface area contributed by atoms with Crippen molar-refractivity contribution in [3.05, 3.63) is 59.5 Å². The number of hydrogen-bond donors (Lipinski definition) is 3. The molecule has 3 N–H and O–H groups in total. The summed E-state index contributed by atoms with van der Waals surface area (Å²) in [5.41, 5.74) is 1.31. The Morgan fingerprint density at radius 2 is 1.90 bits per heavy atom. The van der Waals surface area contributed by atoms with Gasteiger partial charge in [-0.1, -0.05) is 24.3 Å². The second kappa shape index (κ2) is 11.4. The molecule has 0 aliphatic carbocycles. The summed E-state index contributed by atoms with van der Waals surface area (Å²) in [7, 11) is 0. The van der Waals surface area contributed by atoms with Crippen molar-refractivity contribution < 1.29 is 14.3 Å². The van der Waals surface area contributed by atoms with Gasteiger partial charge in [0.15, 0.2) is 5.96 Å². The van der Waals surface area contributed by atoms with E-state index in [1.165, 1.54) is 17.4 Å². The Kier molecular flexibility index (Phi) is 9.16. The van der Waals surface area contributed by atoms with E-state index in [1.54, 1.807) is 19.1 Å². The largest absolute Gasteiger partial charge is 0.466 e. The van der Waals surface area contributed by atoms with Gasteiger partial charge in [-0.05, 0) is 43.5 Å². The molecular formula is C22H31IN4O3. The highest BCUT2D eigenvalue weighted by molar-refractivity contribution is 14.0. The van der Waals surface area contributed by atoms with E-state index < -0.39 is 5.60 Å². The zero-order chi connectivity index (χ0) is 20.7. The minimum atomic E-state index is -1.17. The highest BCUT2D eigenvalue weighted by Crippen LogP contribution is 2.23. The van der Waals surface area contributed by atoms with Gasteiger partial charge in [0.25, 0.3) is 0 Å². The average molecular weight is 526 g/mol. The monoisotopic (exact) mass is 526 g/mol. The molecule has 1 amide bonds. The molecule has 0 fully saturated rings. The molecule has 1 atom stereocenters. The maximum Gasteiger partial charge on any atom is 0.223 e. The molecule has 0 saturated heterocycles. The average Bonchev–Trinajstić information content (AvgIpc) is 3.39. The minimum absolute atomic E-state index is 0. The SMILES string of the molecule is CCNC(=NCC(C)(O)c1ccco1)NCCCC(=O)N1Cc2ccccc2C1.I. The summed E-state index contributed by atoms with van der Waals surface area (Å²) in [6.07, 6.45) is 2.74. The lowest BCUT2D eigenvalue weighted by Gasteiger charge is -2.19. The molecule has 0 radical (unpaired) electrons. The minimum Gasteiger partial charge on any atom is -0.466 e. The third kappa shape index (κ3) is 6.46. The van der Waals surface area contributed by atoms with Gasteiger partial charge in [-0.2, -0.15) is 0 Å². The number of amides is 1. The van der Waals surface area contributed by atoms with Crippen molar-refractivity contribution in [3.8, 4) is 0 Å². The van der Waals surface area contributed by atoms with E-state index in [2.05, 4.69) is 27.8 Å². The smallest absolute Gasteiger partial charge is 0.223 e. The van der Waals surface area contributed by atoms with Gasteiger partial charge < -0.3 is 25.1 Å². The number of furan rings is 1. The van der Waals surface area contributed by atoms with Crippen LogP contribution in [0.25, 0.3) is 0 Å². The van der Waals surface area contributed by atoms with Gasteiger partial charge in [0.05, 0.1) is 12.8 Å². The van der Waals surface area contributed by atoms with Gasteiger partial charge in [0.2, 0.25) is 5.91 Å². The lowest BCUT2D eigenvalue weighted by atomic mass is 10.0. The quantitative estimate of drug-likeness (QED) is 0.213. The maximum absolute atomic E-state index is 12.5. The third-order valence-electron chi connectivity index (χ3n) is 4.99. The van der Waals surface area contributed by atoms with Crippen molar-refractivity contribution in [2.24, 2.45) is 4.99 Å². The maximum atomic E-state index is 12.5. The fraction of sp³-hybridized carbons (Fsp3) is 0.455. The number of carbonyl (C=O) groups is 1. The molecule has 0 bridgehead atoms. The number of fused-ring (bicyclic) bond motifs is 1. The van der Waals surface area contributed by atoms with Crippen LogP contribution in [0.2, 0.25) is 0 Å². The van der Waals surface area contributed by atoms with Crippen molar-refractivity contribution in [2.45, 2.75) is 45.4 Å². The van der Waals surface area contributed by atoms with Crippen LogP contribution in [0.3, 0.4) is 0 Å². The van der Waals surface area contributed by atoms with E-state index in [4.69, 9.17) is 4.42 Å². The molecule has 30 heavy (non-hydrogen) atoms. The van der Waals surface area contributed by atoms with E-state index in [9.17, 15) is 9.90 Å². The molecule has 1 unspecified atom stereocenters. The highest BCUT2D eigenvalue weighted by atomic mass is 127. The van der Waals surface area contributed by atoms with Gasteiger partial charge in [-0.15, -0.1) is 24.0 Å². The predicted molar refractivity (Wildman–Crippen MR) is 128 cm³/mol. The number of benzene rings is 1. The highest BCUT2D eigenvalue weighted by Gasteiger charge is 2.26. The van der Waals surface area contributed by atoms with E-state index >= 15 is 0 Å². The zero-order valence-corrected chi connectivity index (χ0v) is 19.9. The van der Waals surface area contributed by atoms with Crippen molar-refractivity contribution in [1.29, 1.82) is 0 Å². The Hall–Kier alpha value is -2.07. The van der Waals surface area contributed by atoms with E-state index in [1.807, 2.05) is 24.0 Å². The van der Waals surface area contributed by atoms with Crippen LogP contribution in [0, 0.1) is 0 Å². The Labute approximate surface area is 195 Å². The van der Waals surface area contributed by atoms with Crippen molar-refractivity contribution in [3.63, 3.8) is 0 Å². The number of halogens is 1. The first-order valence-electron chi connectivity index (χ1n) is 10.1. The van der Waals surface area contributed by atoms with Gasteiger partial charge in [0, 0.05) is 32.6 Å². The molecule has 8 heteroatoms. The molecule has 2 aromatic rings. The van der Waals surface area contributed by atoms with Gasteiger partial charge in [-0.25, -0.2) is 4.99 Å². The summed E-state index contributed by atoms with van der Waals surface area (Å²) in [5.74, 6) is 1.26. The Balaban J connectivity index is 0.00000320. The summed E-state index contributed by atoms with van der Waals surface area (Å²) >= 11 is 0. The number of rotatable bonds is 8. The normalized spacial score (nSPS) is 15.2. The van der Waals surface area contributed by atoms with E-state index in [-0.39, 0.29) is 36.4 Å². The molecule has 2 heterocycles. The second-order valence-corrected chi connectivity index (χ2v) is 7.50. The van der Waals surface area contributed by atoms with Gasteiger partial charge in [-0.3, -0.25) is 4.79 Å².